The lowest BCUT2D eigenvalue weighted by molar-refractivity contribution is -0.116. The smallest absolute Gasteiger partial charge is 0.241 e. The quantitative estimate of drug-likeness (QED) is 0.560. The molecule has 0 unspecified atom stereocenters. The first kappa shape index (κ1) is 19.1. The Labute approximate surface area is 153 Å². The van der Waals surface area contributed by atoms with E-state index in [0.717, 1.165) is 10.6 Å². The van der Waals surface area contributed by atoms with E-state index in [-0.39, 0.29) is 13.1 Å². The number of benzene rings is 1. The number of hydrogen-bond donors (Lipinski definition) is 1. The number of aromatic nitrogens is 2. The van der Waals surface area contributed by atoms with E-state index < -0.39 is 15.9 Å². The van der Waals surface area contributed by atoms with E-state index in [0.29, 0.717) is 20.1 Å². The molecular weight excluding hydrogens is 392 g/mol. The van der Waals surface area contributed by atoms with Crippen LogP contribution < -0.4 is 5.32 Å². The lowest BCUT2D eigenvalue weighted by Crippen LogP contribution is -2.37. The average Bonchev–Trinajstić information content (AvgIpc) is 2.95. The van der Waals surface area contributed by atoms with Gasteiger partial charge in [-0.3, -0.25) is 10.1 Å². The summed E-state index contributed by atoms with van der Waals surface area (Å²) in [5.41, 5.74) is 0.623. The summed E-state index contributed by atoms with van der Waals surface area (Å²) in [6.07, 6.45) is 2.90. The molecule has 24 heavy (non-hydrogen) atoms. The molecule has 1 heterocycles. The molecule has 2 rings (SSSR count). The number of carbonyl (C=O) groups is 1. The van der Waals surface area contributed by atoms with E-state index in [1.165, 1.54) is 23.1 Å². The summed E-state index contributed by atoms with van der Waals surface area (Å²) in [5.74, 6) is -0.490. The fraction of sp³-hybridized carbons (Fsp3) is 0.308. The second-order valence-electron chi connectivity index (χ2n) is 4.75. The van der Waals surface area contributed by atoms with Crippen LogP contribution >= 0.6 is 34.7 Å². The Bertz CT molecular complexity index is 825. The number of carbonyl (C=O) groups excluding carboxylic acids is 1. The first-order chi connectivity index (χ1) is 11.3. The van der Waals surface area contributed by atoms with E-state index in [2.05, 4.69) is 15.5 Å². The number of nitrogens with zero attached hydrogens (tertiary/aromatic N) is 3. The van der Waals surface area contributed by atoms with Crippen molar-refractivity contribution >= 4 is 55.8 Å². The largest absolute Gasteiger partial charge is 0.299 e. The summed E-state index contributed by atoms with van der Waals surface area (Å²) in [4.78, 5) is 12.1. The van der Waals surface area contributed by atoms with Crippen molar-refractivity contribution in [3.8, 4) is 0 Å². The minimum Gasteiger partial charge on any atom is -0.299 e. The van der Waals surface area contributed by atoms with Crippen LogP contribution in [0.5, 0.6) is 0 Å². The zero-order valence-electron chi connectivity index (χ0n) is 12.9. The van der Waals surface area contributed by atoms with Crippen LogP contribution in [0.15, 0.2) is 28.6 Å². The molecule has 1 amide bonds. The molecule has 0 saturated heterocycles. The molecule has 0 spiro atoms. The van der Waals surface area contributed by atoms with Crippen molar-refractivity contribution in [2.45, 2.75) is 10.9 Å². The van der Waals surface area contributed by atoms with E-state index in [1.54, 1.807) is 24.3 Å². The van der Waals surface area contributed by atoms with Crippen molar-refractivity contribution in [2.75, 3.05) is 24.4 Å². The number of hydrogen-bond acceptors (Lipinski definition) is 7. The number of halogens is 1. The third-order valence-corrected chi connectivity index (χ3v) is 6.30. The van der Waals surface area contributed by atoms with Gasteiger partial charge in [0.2, 0.25) is 21.1 Å². The minimum atomic E-state index is -3.59. The van der Waals surface area contributed by atoms with E-state index in [4.69, 9.17) is 11.6 Å². The Morgan fingerprint density at radius 2 is 2.08 bits per heavy atom. The number of sulfonamides is 1. The highest BCUT2D eigenvalue weighted by molar-refractivity contribution is 8.00. The van der Waals surface area contributed by atoms with Crippen LogP contribution in [0.25, 0.3) is 0 Å². The lowest BCUT2D eigenvalue weighted by atomic mass is 10.2. The van der Waals surface area contributed by atoms with Gasteiger partial charge in [-0.05, 0) is 17.9 Å². The monoisotopic (exact) mass is 406 g/mol. The summed E-state index contributed by atoms with van der Waals surface area (Å²) >= 11 is 8.70. The molecule has 0 aliphatic carbocycles. The molecule has 1 N–H and O–H groups in total. The van der Waals surface area contributed by atoms with Crippen LogP contribution in [0.4, 0.5) is 5.13 Å². The number of thioether (sulfide) groups is 1. The molecule has 0 radical (unpaired) electrons. The van der Waals surface area contributed by atoms with Gasteiger partial charge in [0.25, 0.3) is 0 Å². The van der Waals surface area contributed by atoms with Gasteiger partial charge in [-0.25, -0.2) is 8.42 Å². The Hall–Kier alpha value is -1.20. The van der Waals surface area contributed by atoms with Crippen LogP contribution in [-0.4, -0.2) is 47.9 Å². The fourth-order valence-corrected chi connectivity index (χ4v) is 3.88. The van der Waals surface area contributed by atoms with Crippen LogP contribution in [0.2, 0.25) is 5.02 Å². The molecule has 11 heteroatoms. The summed E-state index contributed by atoms with van der Waals surface area (Å²) < 4.78 is 25.7. The predicted molar refractivity (Wildman–Crippen MR) is 97.0 cm³/mol. The van der Waals surface area contributed by atoms with Crippen molar-refractivity contribution in [1.29, 1.82) is 0 Å². The maximum absolute atomic E-state index is 12.1. The van der Waals surface area contributed by atoms with Gasteiger partial charge >= 0.3 is 0 Å². The van der Waals surface area contributed by atoms with Crippen molar-refractivity contribution in [1.82, 2.24) is 14.5 Å². The first-order valence-electron chi connectivity index (χ1n) is 6.65. The second-order valence-corrected chi connectivity index (χ2v) is 9.17. The fourth-order valence-electron chi connectivity index (χ4n) is 1.77. The average molecular weight is 407 g/mol. The third kappa shape index (κ3) is 5.42. The van der Waals surface area contributed by atoms with Crippen molar-refractivity contribution in [2.24, 2.45) is 0 Å². The van der Waals surface area contributed by atoms with E-state index in [1.807, 2.05) is 6.26 Å². The van der Waals surface area contributed by atoms with Gasteiger partial charge in [-0.15, -0.1) is 10.2 Å². The zero-order chi connectivity index (χ0) is 17.7. The van der Waals surface area contributed by atoms with E-state index in [9.17, 15) is 13.2 Å². The SMILES string of the molecule is CSc1nnc(NC(=O)CN(Cc2ccccc2Cl)S(C)(=O)=O)s1. The highest BCUT2D eigenvalue weighted by Crippen LogP contribution is 2.23. The van der Waals surface area contributed by atoms with E-state index >= 15 is 0 Å². The van der Waals surface area contributed by atoms with Gasteiger partial charge in [-0.1, -0.05) is 52.9 Å². The molecule has 0 bridgehead atoms. The highest BCUT2D eigenvalue weighted by Gasteiger charge is 2.22. The molecule has 0 atom stereocenters. The van der Waals surface area contributed by atoms with Gasteiger partial charge in [0.05, 0.1) is 12.8 Å². The zero-order valence-corrected chi connectivity index (χ0v) is 16.1. The molecular formula is C13H15ClN4O3S3. The van der Waals surface area contributed by atoms with Gasteiger partial charge in [0.1, 0.15) is 0 Å². The Morgan fingerprint density at radius 1 is 1.38 bits per heavy atom. The summed E-state index contributed by atoms with van der Waals surface area (Å²) in [6.45, 7) is -0.323. The Morgan fingerprint density at radius 3 is 2.67 bits per heavy atom. The maximum Gasteiger partial charge on any atom is 0.241 e. The van der Waals surface area contributed by atoms with Gasteiger partial charge in [-0.2, -0.15) is 4.31 Å². The number of amides is 1. The lowest BCUT2D eigenvalue weighted by Gasteiger charge is -2.19. The predicted octanol–water partition coefficient (Wildman–Crippen LogP) is 2.31. The third-order valence-electron chi connectivity index (χ3n) is 2.92. The van der Waals surface area contributed by atoms with Crippen LogP contribution in [-0.2, 0) is 21.4 Å². The first-order valence-corrected chi connectivity index (χ1v) is 10.9. The maximum atomic E-state index is 12.1. The van der Waals surface area contributed by atoms with Crippen molar-refractivity contribution in [3.63, 3.8) is 0 Å². The van der Waals surface area contributed by atoms with Crippen molar-refractivity contribution in [3.05, 3.63) is 34.9 Å². The van der Waals surface area contributed by atoms with Crippen LogP contribution in [0.1, 0.15) is 5.56 Å². The molecule has 2 aromatic rings. The topological polar surface area (TPSA) is 92.3 Å². The molecule has 1 aromatic carbocycles. The van der Waals surface area contributed by atoms with Gasteiger partial charge in [0.15, 0.2) is 4.34 Å². The molecule has 1 aromatic heterocycles. The molecule has 0 aliphatic heterocycles. The molecule has 7 nitrogen and oxygen atoms in total. The molecule has 130 valence electrons. The Kier molecular flexibility index (Phi) is 6.58. The minimum absolute atomic E-state index is 0.0120. The van der Waals surface area contributed by atoms with Crippen molar-refractivity contribution < 1.29 is 13.2 Å². The normalized spacial score (nSPS) is 11.7. The van der Waals surface area contributed by atoms with Gasteiger partial charge < -0.3 is 0 Å². The number of rotatable bonds is 7. The Balaban J connectivity index is 2.08. The summed E-state index contributed by atoms with van der Waals surface area (Å²) in [6, 6.07) is 6.89. The summed E-state index contributed by atoms with van der Waals surface area (Å²) in [7, 11) is -3.59. The highest BCUT2D eigenvalue weighted by atomic mass is 35.5. The molecule has 0 fully saturated rings. The van der Waals surface area contributed by atoms with Gasteiger partial charge in [0, 0.05) is 11.6 Å². The number of anilines is 1. The standard InChI is InChI=1S/C13H15ClN4O3S3/c1-22-13-17-16-12(23-13)15-11(19)8-18(24(2,20)21)7-9-5-3-4-6-10(9)14/h3-6H,7-8H2,1-2H3,(H,15,16,19). The second kappa shape index (κ2) is 8.26. The number of nitrogens with one attached hydrogen (secondary N) is 1. The summed E-state index contributed by atoms with van der Waals surface area (Å²) in [5, 5.41) is 11.0. The molecule has 0 saturated carbocycles. The molecule has 0 aliphatic rings. The van der Waals surface area contributed by atoms with Crippen LogP contribution in [0.3, 0.4) is 0 Å². The van der Waals surface area contributed by atoms with Crippen LogP contribution in [0, 0.1) is 0 Å².